The first-order valence-corrected chi connectivity index (χ1v) is 9.34. The van der Waals surface area contributed by atoms with Crippen LogP contribution in [0.15, 0.2) is 18.2 Å². The van der Waals surface area contributed by atoms with E-state index in [4.69, 9.17) is 6.57 Å². The molecule has 3 aliphatic rings. The summed E-state index contributed by atoms with van der Waals surface area (Å²) in [6, 6.07) is 3.17. The van der Waals surface area contributed by atoms with Gasteiger partial charge in [0.05, 0.1) is 17.4 Å². The number of hydrogen-bond acceptors (Lipinski definition) is 2. The molecule has 1 aromatic carbocycles. The number of fused-ring (bicyclic) bond motifs is 5. The van der Waals surface area contributed by atoms with Gasteiger partial charge in [0, 0.05) is 12.2 Å². The van der Waals surface area contributed by atoms with Crippen LogP contribution in [0.4, 0.5) is 24.5 Å². The van der Waals surface area contributed by atoms with Crippen molar-refractivity contribution in [3.05, 3.63) is 35.2 Å². The van der Waals surface area contributed by atoms with E-state index in [1.807, 2.05) is 0 Å². The van der Waals surface area contributed by atoms with Crippen molar-refractivity contribution in [2.24, 2.45) is 17.8 Å². The van der Waals surface area contributed by atoms with E-state index in [1.54, 1.807) is 0 Å². The van der Waals surface area contributed by atoms with Gasteiger partial charge in [-0.05, 0) is 49.1 Å². The summed E-state index contributed by atoms with van der Waals surface area (Å²) in [5.74, 6) is 0.521. The summed E-state index contributed by atoms with van der Waals surface area (Å²) >= 11 is 0. The molecule has 2 bridgehead atoms. The Morgan fingerprint density at radius 1 is 1.21 bits per heavy atom. The molecule has 4 rings (SSSR count). The first kappa shape index (κ1) is 15.8. The SMILES string of the molecule is [C-]#[N+]c1ccc(N2C[C@@H]3[C@@H]4CC[C@@H](C4)[C@@H]3S2(=O)=O)cc1C(F)(F)F. The smallest absolute Gasteiger partial charge is 0.270 e. The van der Waals surface area contributed by atoms with E-state index < -0.39 is 32.7 Å². The zero-order valence-corrected chi connectivity index (χ0v) is 13.4. The molecule has 0 radical (unpaired) electrons. The summed E-state index contributed by atoms with van der Waals surface area (Å²) in [5.41, 5.74) is -1.57. The Bertz CT molecular complexity index is 844. The molecule has 0 N–H and O–H groups in total. The van der Waals surface area contributed by atoms with Gasteiger partial charge in [0.25, 0.3) is 0 Å². The van der Waals surface area contributed by atoms with E-state index in [-0.39, 0.29) is 24.1 Å². The number of halogens is 3. The van der Waals surface area contributed by atoms with Crippen LogP contribution in [0.2, 0.25) is 0 Å². The van der Waals surface area contributed by atoms with Gasteiger partial charge in [-0.3, -0.25) is 4.31 Å². The van der Waals surface area contributed by atoms with Gasteiger partial charge in [0.2, 0.25) is 10.0 Å². The molecule has 2 aliphatic carbocycles. The third-order valence-electron chi connectivity index (χ3n) is 5.73. The van der Waals surface area contributed by atoms with Gasteiger partial charge in [-0.1, -0.05) is 6.07 Å². The van der Waals surface area contributed by atoms with Crippen LogP contribution in [-0.4, -0.2) is 20.2 Å². The molecule has 0 aromatic heterocycles. The number of anilines is 1. The maximum atomic E-state index is 13.1. The van der Waals surface area contributed by atoms with E-state index in [2.05, 4.69) is 4.85 Å². The Balaban J connectivity index is 1.77. The fourth-order valence-corrected chi connectivity index (χ4v) is 7.34. The standard InChI is InChI=1S/C16H15F3N2O2S/c1-20-14-5-4-11(7-13(14)16(17,18)19)21-8-12-9-2-3-10(6-9)15(12)24(21,22)23/h4-5,7,9-10,12,15H,2-3,6,8H2/t9-,10+,12-,15+/m1/s1. The van der Waals surface area contributed by atoms with Crippen LogP contribution in [0, 0.1) is 24.3 Å². The van der Waals surface area contributed by atoms with Gasteiger partial charge in [0.15, 0.2) is 5.69 Å². The monoisotopic (exact) mass is 356 g/mol. The summed E-state index contributed by atoms with van der Waals surface area (Å²) < 4.78 is 66.3. The van der Waals surface area contributed by atoms with Crippen molar-refractivity contribution in [3.63, 3.8) is 0 Å². The molecule has 0 amide bonds. The minimum Gasteiger partial charge on any atom is -0.270 e. The summed E-state index contributed by atoms with van der Waals surface area (Å²) in [4.78, 5) is 2.89. The summed E-state index contributed by atoms with van der Waals surface area (Å²) in [6.07, 6.45) is -1.86. The Labute approximate surface area is 138 Å². The second-order valence-electron chi connectivity index (χ2n) is 6.85. The second kappa shape index (κ2) is 4.88. The fourth-order valence-electron chi connectivity index (χ4n) is 4.77. The van der Waals surface area contributed by atoms with Crippen LogP contribution in [0.3, 0.4) is 0 Å². The third-order valence-corrected chi connectivity index (χ3v) is 8.12. The number of alkyl halides is 3. The van der Waals surface area contributed by atoms with Gasteiger partial charge in [0.1, 0.15) is 0 Å². The minimum atomic E-state index is -4.69. The molecule has 0 unspecified atom stereocenters. The zero-order chi connectivity index (χ0) is 17.3. The number of benzene rings is 1. The highest BCUT2D eigenvalue weighted by Crippen LogP contribution is 2.56. The lowest BCUT2D eigenvalue weighted by Crippen LogP contribution is -2.33. The van der Waals surface area contributed by atoms with Gasteiger partial charge in [-0.15, -0.1) is 0 Å². The fraction of sp³-hybridized carbons (Fsp3) is 0.562. The molecule has 128 valence electrons. The van der Waals surface area contributed by atoms with E-state index in [0.29, 0.717) is 5.92 Å². The minimum absolute atomic E-state index is 0.0172. The maximum absolute atomic E-state index is 13.1. The molecule has 24 heavy (non-hydrogen) atoms. The van der Waals surface area contributed by atoms with Crippen LogP contribution in [0.1, 0.15) is 24.8 Å². The molecule has 3 fully saturated rings. The molecule has 4 nitrogen and oxygen atoms in total. The average molecular weight is 356 g/mol. The highest BCUT2D eigenvalue weighted by atomic mass is 32.2. The van der Waals surface area contributed by atoms with E-state index >= 15 is 0 Å². The third kappa shape index (κ3) is 2.07. The summed E-state index contributed by atoms with van der Waals surface area (Å²) in [7, 11) is -3.64. The zero-order valence-electron chi connectivity index (χ0n) is 12.6. The number of hydrogen-bond donors (Lipinski definition) is 0. The molecule has 1 aromatic rings. The Morgan fingerprint density at radius 3 is 2.54 bits per heavy atom. The van der Waals surface area contributed by atoms with Crippen LogP contribution >= 0.6 is 0 Å². The van der Waals surface area contributed by atoms with Crippen molar-refractivity contribution in [2.75, 3.05) is 10.8 Å². The number of sulfonamides is 1. The average Bonchev–Trinajstić information content (AvgIpc) is 3.18. The number of nitrogens with zero attached hydrogens (tertiary/aromatic N) is 2. The van der Waals surface area contributed by atoms with Gasteiger partial charge >= 0.3 is 6.18 Å². The highest BCUT2D eigenvalue weighted by Gasteiger charge is 2.59. The van der Waals surface area contributed by atoms with Crippen LogP contribution in [0.25, 0.3) is 4.85 Å². The first-order valence-electron chi connectivity index (χ1n) is 7.83. The molecule has 0 spiro atoms. The van der Waals surface area contributed by atoms with Crippen molar-refractivity contribution in [1.82, 2.24) is 0 Å². The summed E-state index contributed by atoms with van der Waals surface area (Å²) in [6.45, 7) is 7.13. The molecule has 4 atom stereocenters. The van der Waals surface area contributed by atoms with E-state index in [0.717, 1.165) is 35.7 Å². The molecule has 2 saturated carbocycles. The van der Waals surface area contributed by atoms with Crippen molar-refractivity contribution in [2.45, 2.75) is 30.7 Å². The lowest BCUT2D eigenvalue weighted by molar-refractivity contribution is -0.136. The molecular formula is C16H15F3N2O2S. The normalized spacial score (nSPS) is 33.5. The van der Waals surface area contributed by atoms with E-state index in [9.17, 15) is 21.6 Å². The maximum Gasteiger partial charge on any atom is 0.407 e. The quantitative estimate of drug-likeness (QED) is 0.718. The van der Waals surface area contributed by atoms with Gasteiger partial charge in [-0.25, -0.2) is 13.3 Å². The molecule has 1 aliphatic heterocycles. The van der Waals surface area contributed by atoms with Crippen molar-refractivity contribution in [3.8, 4) is 0 Å². The van der Waals surface area contributed by atoms with Gasteiger partial charge < -0.3 is 0 Å². The predicted molar refractivity (Wildman–Crippen MR) is 82.1 cm³/mol. The Hall–Kier alpha value is -1.75. The number of rotatable bonds is 1. The van der Waals surface area contributed by atoms with Crippen LogP contribution < -0.4 is 4.31 Å². The predicted octanol–water partition coefficient (Wildman–Crippen LogP) is 3.82. The lowest BCUT2D eigenvalue weighted by Gasteiger charge is -2.22. The largest absolute Gasteiger partial charge is 0.407 e. The molecule has 8 heteroatoms. The molecule has 1 saturated heterocycles. The summed E-state index contributed by atoms with van der Waals surface area (Å²) in [5, 5.41) is -0.453. The van der Waals surface area contributed by atoms with Crippen molar-refractivity contribution < 1.29 is 21.6 Å². The van der Waals surface area contributed by atoms with Gasteiger partial charge in [-0.2, -0.15) is 13.2 Å². The molecular weight excluding hydrogens is 341 g/mol. The van der Waals surface area contributed by atoms with Crippen LogP contribution in [-0.2, 0) is 16.2 Å². The van der Waals surface area contributed by atoms with Crippen LogP contribution in [0.5, 0.6) is 0 Å². The van der Waals surface area contributed by atoms with Crippen molar-refractivity contribution in [1.29, 1.82) is 0 Å². The Kier molecular flexibility index (Phi) is 3.21. The van der Waals surface area contributed by atoms with Crippen molar-refractivity contribution >= 4 is 21.4 Å². The highest BCUT2D eigenvalue weighted by molar-refractivity contribution is 7.93. The van der Waals surface area contributed by atoms with E-state index in [1.165, 1.54) is 6.07 Å². The Morgan fingerprint density at radius 2 is 1.92 bits per heavy atom. The first-order chi connectivity index (χ1) is 11.2. The second-order valence-corrected chi connectivity index (χ2v) is 8.86. The molecule has 1 heterocycles. The topological polar surface area (TPSA) is 41.7 Å². The lowest BCUT2D eigenvalue weighted by atomic mass is 9.88.